The molecule has 1 aliphatic heterocycles. The molecule has 6 heteroatoms. The molecular weight excluding hydrogens is 272 g/mol. The number of hydrogen-bond donors (Lipinski definition) is 4. The Labute approximate surface area is 123 Å². The van der Waals surface area contributed by atoms with Gasteiger partial charge in [-0.05, 0) is 37.1 Å². The molecule has 1 unspecified atom stereocenters. The summed E-state index contributed by atoms with van der Waals surface area (Å²) in [5.41, 5.74) is 0.747. The van der Waals surface area contributed by atoms with E-state index < -0.39 is 12.0 Å². The van der Waals surface area contributed by atoms with Crippen molar-refractivity contribution in [2.24, 2.45) is 0 Å². The van der Waals surface area contributed by atoms with Crippen LogP contribution in [0.3, 0.4) is 0 Å². The zero-order valence-electron chi connectivity index (χ0n) is 11.7. The first-order valence-electron chi connectivity index (χ1n) is 7.11. The molecule has 0 bridgehead atoms. The molecule has 1 aromatic rings. The number of piperidine rings is 1. The molecule has 1 amide bonds. The average Bonchev–Trinajstić information content (AvgIpc) is 2.49. The van der Waals surface area contributed by atoms with Crippen molar-refractivity contribution >= 4 is 11.9 Å². The summed E-state index contributed by atoms with van der Waals surface area (Å²) in [6.45, 7) is 0.786. The summed E-state index contributed by atoms with van der Waals surface area (Å²) in [6, 6.07) is 5.02. The van der Waals surface area contributed by atoms with Crippen molar-refractivity contribution in [3.8, 4) is 5.75 Å². The highest BCUT2D eigenvalue weighted by Gasteiger charge is 2.26. The smallest absolute Gasteiger partial charge is 0.326 e. The number of hydrogen-bond acceptors (Lipinski definition) is 4. The molecule has 0 aliphatic carbocycles. The van der Waals surface area contributed by atoms with Gasteiger partial charge in [0.15, 0.2) is 0 Å². The van der Waals surface area contributed by atoms with E-state index in [4.69, 9.17) is 0 Å². The normalized spacial score (nSPS) is 19.7. The number of rotatable bonds is 5. The number of nitrogens with one attached hydrogen (secondary N) is 2. The van der Waals surface area contributed by atoms with Crippen LogP contribution < -0.4 is 10.6 Å². The highest BCUT2D eigenvalue weighted by molar-refractivity contribution is 5.87. The number of benzene rings is 1. The van der Waals surface area contributed by atoms with Gasteiger partial charge in [-0.3, -0.25) is 4.79 Å². The van der Waals surface area contributed by atoms with Gasteiger partial charge in [-0.25, -0.2) is 4.79 Å². The van der Waals surface area contributed by atoms with Crippen LogP contribution in [-0.4, -0.2) is 40.7 Å². The van der Waals surface area contributed by atoms with Crippen LogP contribution in [0.4, 0.5) is 0 Å². The Morgan fingerprint density at radius 1 is 1.29 bits per heavy atom. The number of phenolic OH excluding ortho intramolecular Hbond substituents is 1. The zero-order valence-corrected chi connectivity index (χ0v) is 11.7. The summed E-state index contributed by atoms with van der Waals surface area (Å²) in [5.74, 6) is -1.20. The highest BCUT2D eigenvalue weighted by atomic mass is 16.4. The molecule has 4 N–H and O–H groups in total. The van der Waals surface area contributed by atoms with Gasteiger partial charge in [0.1, 0.15) is 11.8 Å². The first-order valence-corrected chi connectivity index (χ1v) is 7.11. The highest BCUT2D eigenvalue weighted by Crippen LogP contribution is 2.12. The van der Waals surface area contributed by atoms with E-state index in [2.05, 4.69) is 10.6 Å². The molecule has 1 saturated heterocycles. The Morgan fingerprint density at radius 2 is 2.00 bits per heavy atom. The van der Waals surface area contributed by atoms with Crippen molar-refractivity contribution < 1.29 is 19.8 Å². The van der Waals surface area contributed by atoms with Crippen LogP contribution in [0, 0.1) is 0 Å². The van der Waals surface area contributed by atoms with Crippen LogP contribution in [0.15, 0.2) is 24.3 Å². The molecule has 1 heterocycles. The molecule has 2 atom stereocenters. The van der Waals surface area contributed by atoms with Crippen LogP contribution >= 0.6 is 0 Å². The van der Waals surface area contributed by atoms with E-state index in [1.54, 1.807) is 12.1 Å². The number of aliphatic carboxylic acids is 1. The van der Waals surface area contributed by atoms with Crippen LogP contribution in [0.1, 0.15) is 24.8 Å². The van der Waals surface area contributed by atoms with Crippen molar-refractivity contribution in [2.75, 3.05) is 6.54 Å². The van der Waals surface area contributed by atoms with Crippen molar-refractivity contribution in [1.29, 1.82) is 0 Å². The minimum absolute atomic E-state index is 0.126. The molecular formula is C15H20N2O4. The van der Waals surface area contributed by atoms with Crippen molar-refractivity contribution in [2.45, 2.75) is 37.8 Å². The molecule has 6 nitrogen and oxygen atoms in total. The summed E-state index contributed by atoms with van der Waals surface area (Å²) < 4.78 is 0. The Morgan fingerprint density at radius 3 is 2.57 bits per heavy atom. The Bertz CT molecular complexity index is 495. The van der Waals surface area contributed by atoms with E-state index in [0.29, 0.717) is 0 Å². The predicted octanol–water partition coefficient (Wildman–Crippen LogP) is 0.646. The van der Waals surface area contributed by atoms with Gasteiger partial charge in [0.2, 0.25) is 5.91 Å². The van der Waals surface area contributed by atoms with Gasteiger partial charge in [-0.1, -0.05) is 18.6 Å². The third-order valence-corrected chi connectivity index (χ3v) is 3.62. The topological polar surface area (TPSA) is 98.7 Å². The number of carbonyl (C=O) groups is 2. The summed E-state index contributed by atoms with van der Waals surface area (Å²) in [7, 11) is 0. The number of carbonyl (C=O) groups excluding carboxylic acids is 1. The van der Waals surface area contributed by atoms with Gasteiger partial charge < -0.3 is 20.8 Å². The Kier molecular flexibility index (Phi) is 5.16. The van der Waals surface area contributed by atoms with E-state index >= 15 is 0 Å². The SMILES string of the molecule is O=C(O)C(Cc1ccc(O)cc1)NC(=O)[C@@H]1CCCCN1. The second-order valence-corrected chi connectivity index (χ2v) is 5.27. The quantitative estimate of drug-likeness (QED) is 0.638. The standard InChI is InChI=1S/C15H20N2O4/c18-11-6-4-10(5-7-11)9-13(15(20)21)17-14(19)12-3-1-2-8-16-12/h4-7,12-13,16,18H,1-3,8-9H2,(H,17,19)(H,20,21)/t12-,13?/m0/s1. The van der Waals surface area contributed by atoms with E-state index in [1.807, 2.05) is 0 Å². The van der Waals surface area contributed by atoms with Gasteiger partial charge in [0.05, 0.1) is 6.04 Å². The molecule has 114 valence electrons. The third kappa shape index (κ3) is 4.46. The number of carboxylic acids is 1. The van der Waals surface area contributed by atoms with E-state index in [-0.39, 0.29) is 24.1 Å². The fraction of sp³-hybridized carbons (Fsp3) is 0.467. The Balaban J connectivity index is 1.96. The fourth-order valence-corrected chi connectivity index (χ4v) is 2.42. The Hall–Kier alpha value is -2.08. The molecule has 1 fully saturated rings. The molecule has 1 aliphatic rings. The van der Waals surface area contributed by atoms with Gasteiger partial charge in [0, 0.05) is 6.42 Å². The number of carboxylic acid groups (broad SMARTS) is 1. The number of aromatic hydroxyl groups is 1. The molecule has 0 spiro atoms. The molecule has 1 aromatic carbocycles. The monoisotopic (exact) mass is 292 g/mol. The average molecular weight is 292 g/mol. The molecule has 0 saturated carbocycles. The number of phenols is 1. The lowest BCUT2D eigenvalue weighted by Crippen LogP contribution is -2.52. The maximum absolute atomic E-state index is 12.1. The van der Waals surface area contributed by atoms with Gasteiger partial charge in [-0.2, -0.15) is 0 Å². The molecule has 2 rings (SSSR count). The second-order valence-electron chi connectivity index (χ2n) is 5.27. The molecule has 0 radical (unpaired) electrons. The van der Waals surface area contributed by atoms with Crippen molar-refractivity contribution in [3.05, 3.63) is 29.8 Å². The fourth-order valence-electron chi connectivity index (χ4n) is 2.42. The van der Waals surface area contributed by atoms with E-state index in [9.17, 15) is 19.8 Å². The lowest BCUT2D eigenvalue weighted by atomic mass is 10.0. The third-order valence-electron chi connectivity index (χ3n) is 3.62. The van der Waals surface area contributed by atoms with Gasteiger partial charge in [-0.15, -0.1) is 0 Å². The molecule has 21 heavy (non-hydrogen) atoms. The van der Waals surface area contributed by atoms with Crippen molar-refractivity contribution in [1.82, 2.24) is 10.6 Å². The van der Waals surface area contributed by atoms with Crippen LogP contribution in [0.5, 0.6) is 5.75 Å². The van der Waals surface area contributed by atoms with Crippen LogP contribution in [0.2, 0.25) is 0 Å². The van der Waals surface area contributed by atoms with Crippen LogP contribution in [0.25, 0.3) is 0 Å². The minimum Gasteiger partial charge on any atom is -0.508 e. The van der Waals surface area contributed by atoms with E-state index in [0.717, 1.165) is 31.4 Å². The van der Waals surface area contributed by atoms with Gasteiger partial charge >= 0.3 is 5.97 Å². The first kappa shape index (κ1) is 15.3. The number of amides is 1. The largest absolute Gasteiger partial charge is 0.508 e. The van der Waals surface area contributed by atoms with Crippen LogP contribution in [-0.2, 0) is 16.0 Å². The second kappa shape index (κ2) is 7.08. The minimum atomic E-state index is -1.06. The van der Waals surface area contributed by atoms with Crippen molar-refractivity contribution in [3.63, 3.8) is 0 Å². The maximum Gasteiger partial charge on any atom is 0.326 e. The molecule has 0 aromatic heterocycles. The predicted molar refractivity (Wildman–Crippen MR) is 77.0 cm³/mol. The lowest BCUT2D eigenvalue weighted by Gasteiger charge is -2.24. The summed E-state index contributed by atoms with van der Waals surface area (Å²) >= 11 is 0. The zero-order chi connectivity index (χ0) is 15.2. The lowest BCUT2D eigenvalue weighted by molar-refractivity contribution is -0.142. The van der Waals surface area contributed by atoms with E-state index in [1.165, 1.54) is 12.1 Å². The summed E-state index contributed by atoms with van der Waals surface area (Å²) in [5, 5.41) is 24.2. The van der Waals surface area contributed by atoms with Gasteiger partial charge in [0.25, 0.3) is 0 Å². The maximum atomic E-state index is 12.1. The first-order chi connectivity index (χ1) is 10.1. The summed E-state index contributed by atoms with van der Waals surface area (Å²) in [4.78, 5) is 23.4. The summed E-state index contributed by atoms with van der Waals surface area (Å²) in [6.07, 6.45) is 2.94.